The van der Waals surface area contributed by atoms with E-state index in [1.807, 2.05) is 12.3 Å². The van der Waals surface area contributed by atoms with Gasteiger partial charge in [-0.2, -0.15) is 0 Å². The Bertz CT molecular complexity index is 2060. The lowest BCUT2D eigenvalue weighted by molar-refractivity contribution is 1.19. The van der Waals surface area contributed by atoms with Gasteiger partial charge in [0.15, 0.2) is 5.65 Å². The van der Waals surface area contributed by atoms with E-state index in [9.17, 15) is 0 Å². The molecule has 0 unspecified atom stereocenters. The molecular formula is C30H18N4. The van der Waals surface area contributed by atoms with Crippen molar-refractivity contribution in [2.75, 3.05) is 0 Å². The third-order valence-electron chi connectivity index (χ3n) is 6.94. The summed E-state index contributed by atoms with van der Waals surface area (Å²) < 4.78 is 4.65. The number of benzene rings is 4. The lowest BCUT2D eigenvalue weighted by Crippen LogP contribution is -1.96. The van der Waals surface area contributed by atoms with Gasteiger partial charge in [-0.05, 0) is 42.5 Å². The van der Waals surface area contributed by atoms with Crippen molar-refractivity contribution in [2.45, 2.75) is 0 Å². The monoisotopic (exact) mass is 434 g/mol. The highest BCUT2D eigenvalue weighted by atomic mass is 15.1. The Balaban J connectivity index is 1.73. The molecule has 0 fully saturated rings. The van der Waals surface area contributed by atoms with Gasteiger partial charge in [-0.1, -0.05) is 60.7 Å². The van der Waals surface area contributed by atoms with Crippen molar-refractivity contribution in [2.24, 2.45) is 0 Å². The summed E-state index contributed by atoms with van der Waals surface area (Å²) in [5, 5.41) is 6.05. The van der Waals surface area contributed by atoms with E-state index in [0.717, 1.165) is 33.4 Å². The van der Waals surface area contributed by atoms with E-state index in [1.165, 1.54) is 32.6 Å². The zero-order valence-electron chi connectivity index (χ0n) is 18.2. The summed E-state index contributed by atoms with van der Waals surface area (Å²) in [7, 11) is 0. The van der Waals surface area contributed by atoms with E-state index in [-0.39, 0.29) is 0 Å². The van der Waals surface area contributed by atoms with Gasteiger partial charge in [0.25, 0.3) is 0 Å². The van der Waals surface area contributed by atoms with Crippen molar-refractivity contribution in [3.63, 3.8) is 0 Å². The quantitative estimate of drug-likeness (QED) is 0.254. The average molecular weight is 435 g/mol. The second kappa shape index (κ2) is 6.42. The van der Waals surface area contributed by atoms with Crippen LogP contribution in [0.15, 0.2) is 109 Å². The fourth-order valence-corrected chi connectivity index (χ4v) is 5.58. The summed E-state index contributed by atoms with van der Waals surface area (Å²) in [5.41, 5.74) is 7.44. The molecule has 0 amide bonds. The largest absolute Gasteiger partial charge is 0.309 e. The van der Waals surface area contributed by atoms with Crippen LogP contribution in [0.3, 0.4) is 0 Å². The minimum absolute atomic E-state index is 0.767. The van der Waals surface area contributed by atoms with E-state index >= 15 is 0 Å². The van der Waals surface area contributed by atoms with Gasteiger partial charge in [-0.25, -0.2) is 9.97 Å². The molecule has 0 saturated heterocycles. The molecule has 4 nitrogen and oxygen atoms in total. The highest BCUT2D eigenvalue weighted by Crippen LogP contribution is 2.41. The lowest BCUT2D eigenvalue weighted by atomic mass is 10.0. The Morgan fingerprint density at radius 2 is 1.24 bits per heavy atom. The Labute approximate surface area is 194 Å². The van der Waals surface area contributed by atoms with E-state index in [2.05, 4.69) is 111 Å². The van der Waals surface area contributed by atoms with E-state index in [4.69, 9.17) is 4.98 Å². The van der Waals surface area contributed by atoms with Gasteiger partial charge in [-0.3, -0.25) is 4.40 Å². The number of fused-ring (bicyclic) bond motifs is 12. The first kappa shape index (κ1) is 17.8. The molecule has 0 saturated carbocycles. The fourth-order valence-electron chi connectivity index (χ4n) is 5.58. The lowest BCUT2D eigenvalue weighted by Gasteiger charge is -2.13. The van der Waals surface area contributed by atoms with Crippen LogP contribution < -0.4 is 0 Å². The maximum Gasteiger partial charge on any atom is 0.178 e. The zero-order chi connectivity index (χ0) is 22.2. The van der Waals surface area contributed by atoms with E-state index in [1.54, 1.807) is 0 Å². The van der Waals surface area contributed by atoms with Crippen LogP contribution in [-0.4, -0.2) is 18.9 Å². The van der Waals surface area contributed by atoms with Gasteiger partial charge < -0.3 is 4.57 Å². The van der Waals surface area contributed by atoms with Crippen molar-refractivity contribution >= 4 is 60.3 Å². The molecule has 158 valence electrons. The number of pyridine rings is 2. The summed E-state index contributed by atoms with van der Waals surface area (Å²) in [6, 6.07) is 36.5. The molecule has 0 bridgehead atoms. The molecule has 0 N–H and O–H groups in total. The first-order valence-electron chi connectivity index (χ1n) is 11.5. The van der Waals surface area contributed by atoms with Crippen LogP contribution in [0.4, 0.5) is 0 Å². The van der Waals surface area contributed by atoms with Gasteiger partial charge >= 0.3 is 0 Å². The minimum atomic E-state index is 0.767. The first-order chi connectivity index (χ1) is 16.9. The van der Waals surface area contributed by atoms with Crippen LogP contribution in [0.2, 0.25) is 0 Å². The number of imidazole rings is 1. The molecule has 34 heavy (non-hydrogen) atoms. The highest BCUT2D eigenvalue weighted by molar-refractivity contribution is 6.27. The molecular weight excluding hydrogens is 416 g/mol. The molecule has 0 aliphatic heterocycles. The number of hydrogen-bond acceptors (Lipinski definition) is 2. The van der Waals surface area contributed by atoms with E-state index < -0.39 is 0 Å². The van der Waals surface area contributed by atoms with Crippen molar-refractivity contribution in [1.29, 1.82) is 0 Å². The summed E-state index contributed by atoms with van der Waals surface area (Å²) in [5.74, 6) is 0. The number of aromatic nitrogens is 4. The molecule has 4 heteroatoms. The summed E-state index contributed by atoms with van der Waals surface area (Å²) >= 11 is 0. The predicted octanol–water partition coefficient (Wildman–Crippen LogP) is 7.29. The van der Waals surface area contributed by atoms with Crippen molar-refractivity contribution in [3.05, 3.63) is 109 Å². The second-order valence-corrected chi connectivity index (χ2v) is 8.71. The number of para-hydroxylation sites is 3. The smallest absolute Gasteiger partial charge is 0.178 e. The SMILES string of the molecule is c1ccc(-n2c3ccccc3c3ccc4c(c5ccccc5n5c6cccnc6nc45)c32)cc1. The molecule has 0 aliphatic carbocycles. The Morgan fingerprint density at radius 3 is 2.12 bits per heavy atom. The third kappa shape index (κ3) is 2.17. The molecule has 4 heterocycles. The van der Waals surface area contributed by atoms with Gasteiger partial charge in [0.2, 0.25) is 0 Å². The molecule has 8 rings (SSSR count). The van der Waals surface area contributed by atoms with Crippen molar-refractivity contribution in [3.8, 4) is 5.69 Å². The third-order valence-corrected chi connectivity index (χ3v) is 6.94. The molecule has 4 aromatic heterocycles. The first-order valence-corrected chi connectivity index (χ1v) is 11.5. The molecule has 0 spiro atoms. The van der Waals surface area contributed by atoms with Crippen molar-refractivity contribution < 1.29 is 0 Å². The number of nitrogens with zero attached hydrogens (tertiary/aromatic N) is 4. The fraction of sp³-hybridized carbons (Fsp3) is 0. The van der Waals surface area contributed by atoms with Crippen LogP contribution in [-0.2, 0) is 0 Å². The molecule has 0 atom stereocenters. The van der Waals surface area contributed by atoms with Gasteiger partial charge in [-0.15, -0.1) is 0 Å². The van der Waals surface area contributed by atoms with Crippen LogP contribution in [0.25, 0.3) is 66.0 Å². The maximum atomic E-state index is 5.00. The van der Waals surface area contributed by atoms with Gasteiger partial charge in [0.1, 0.15) is 5.65 Å². The Hall–Kier alpha value is -4.70. The van der Waals surface area contributed by atoms with Crippen LogP contribution >= 0.6 is 0 Å². The second-order valence-electron chi connectivity index (χ2n) is 8.71. The van der Waals surface area contributed by atoms with E-state index in [0.29, 0.717) is 0 Å². The molecule has 0 radical (unpaired) electrons. The minimum Gasteiger partial charge on any atom is -0.309 e. The maximum absolute atomic E-state index is 5.00. The average Bonchev–Trinajstić information content (AvgIpc) is 3.46. The molecule has 8 aromatic rings. The van der Waals surface area contributed by atoms with Gasteiger partial charge in [0, 0.05) is 38.8 Å². The Morgan fingerprint density at radius 1 is 0.529 bits per heavy atom. The number of hydrogen-bond donors (Lipinski definition) is 0. The van der Waals surface area contributed by atoms with Crippen LogP contribution in [0.1, 0.15) is 0 Å². The Kier molecular flexibility index (Phi) is 3.36. The molecule has 4 aromatic carbocycles. The summed E-state index contributed by atoms with van der Waals surface area (Å²) in [6.45, 7) is 0. The van der Waals surface area contributed by atoms with Crippen molar-refractivity contribution in [1.82, 2.24) is 18.9 Å². The summed E-state index contributed by atoms with van der Waals surface area (Å²) in [4.78, 5) is 9.56. The summed E-state index contributed by atoms with van der Waals surface area (Å²) in [6.07, 6.45) is 1.81. The zero-order valence-corrected chi connectivity index (χ0v) is 18.2. The van der Waals surface area contributed by atoms with Crippen LogP contribution in [0, 0.1) is 0 Å². The standard InChI is InChI=1S/C30H18N4/c1-2-9-19(10-3-1)33-24-13-6-4-11-20(24)21-16-17-23-27(28(21)33)22-12-5-7-14-25(22)34-26-15-8-18-31-29(26)32-30(23)34/h1-18H. The predicted molar refractivity (Wildman–Crippen MR) is 140 cm³/mol. The van der Waals surface area contributed by atoms with Crippen LogP contribution in [0.5, 0.6) is 0 Å². The number of rotatable bonds is 1. The highest BCUT2D eigenvalue weighted by Gasteiger charge is 2.20. The molecule has 0 aliphatic rings. The topological polar surface area (TPSA) is 35.1 Å². The van der Waals surface area contributed by atoms with Gasteiger partial charge in [0.05, 0.1) is 22.1 Å². The normalized spacial score (nSPS) is 12.1.